The van der Waals surface area contributed by atoms with Crippen LogP contribution in [0.4, 0.5) is 30.5 Å². The van der Waals surface area contributed by atoms with E-state index in [-0.39, 0.29) is 48.8 Å². The fourth-order valence-electron chi connectivity index (χ4n) is 5.43. The first kappa shape index (κ1) is 29.3. The number of ether oxygens (including phenoxy) is 1. The second-order valence-corrected chi connectivity index (χ2v) is 10.4. The fourth-order valence-corrected chi connectivity index (χ4v) is 5.43. The average Bonchev–Trinajstić information content (AvgIpc) is 3.37. The summed E-state index contributed by atoms with van der Waals surface area (Å²) in [6, 6.07) is 10.3. The number of benzene rings is 2. The molecule has 2 aliphatic heterocycles. The molecule has 0 saturated carbocycles. The molecule has 12 heteroatoms. The van der Waals surface area contributed by atoms with Crippen molar-refractivity contribution in [1.82, 2.24) is 20.2 Å². The number of anilines is 3. The van der Waals surface area contributed by atoms with Crippen LogP contribution in [0.15, 0.2) is 42.6 Å². The number of aromatic nitrogens is 2. The highest BCUT2D eigenvalue weighted by atomic mass is 19.4. The Morgan fingerprint density at radius 1 is 1.17 bits per heavy atom. The average molecular weight is 583 g/mol. The van der Waals surface area contributed by atoms with Crippen molar-refractivity contribution in [3.8, 4) is 5.75 Å². The lowest BCUT2D eigenvalue weighted by Crippen LogP contribution is -2.44. The lowest BCUT2D eigenvalue weighted by Gasteiger charge is -2.31. The number of likely N-dealkylation sites (tertiary alicyclic amines) is 1. The minimum atomic E-state index is -4.64. The molecule has 0 spiro atoms. The highest BCUT2D eigenvalue weighted by Crippen LogP contribution is 2.34. The Kier molecular flexibility index (Phi) is 8.62. The van der Waals surface area contributed by atoms with E-state index in [1.807, 2.05) is 6.07 Å². The lowest BCUT2D eigenvalue weighted by molar-refractivity contribution is -0.138. The molecule has 2 amide bonds. The Hall–Kier alpha value is -4.19. The van der Waals surface area contributed by atoms with Gasteiger partial charge in [-0.15, -0.1) is 0 Å². The van der Waals surface area contributed by atoms with Crippen molar-refractivity contribution >= 4 is 29.1 Å². The number of nitrogens with zero attached hydrogens (tertiary/aromatic N) is 3. The quantitative estimate of drug-likeness (QED) is 0.335. The molecular weight excluding hydrogens is 549 g/mol. The lowest BCUT2D eigenvalue weighted by atomic mass is 9.98. The molecule has 1 aromatic heterocycles. The third-order valence-electron chi connectivity index (χ3n) is 7.77. The zero-order chi connectivity index (χ0) is 29.9. The normalized spacial score (nSPS) is 15.7. The molecule has 1 fully saturated rings. The first-order valence-electron chi connectivity index (χ1n) is 14.0. The van der Waals surface area contributed by atoms with Crippen LogP contribution >= 0.6 is 0 Å². The summed E-state index contributed by atoms with van der Waals surface area (Å²) in [7, 11) is 1.44. The number of fused-ring (bicyclic) bond motifs is 1. The van der Waals surface area contributed by atoms with Crippen molar-refractivity contribution in [3.05, 3.63) is 70.5 Å². The zero-order valence-electron chi connectivity index (χ0n) is 23.5. The van der Waals surface area contributed by atoms with E-state index in [4.69, 9.17) is 4.74 Å². The van der Waals surface area contributed by atoms with E-state index in [9.17, 15) is 22.8 Å². The van der Waals surface area contributed by atoms with Crippen LogP contribution in [0.3, 0.4) is 0 Å². The Labute approximate surface area is 241 Å². The number of nitrogens with one attached hydrogen (secondary N) is 3. The van der Waals surface area contributed by atoms with E-state index < -0.39 is 11.7 Å². The van der Waals surface area contributed by atoms with Gasteiger partial charge < -0.3 is 25.6 Å². The Balaban J connectivity index is 1.32. The van der Waals surface area contributed by atoms with Crippen LogP contribution in [0.25, 0.3) is 0 Å². The molecule has 1 saturated heterocycles. The smallest absolute Gasteiger partial charge is 0.419 e. The van der Waals surface area contributed by atoms with E-state index >= 15 is 0 Å². The van der Waals surface area contributed by atoms with Crippen LogP contribution in [0.5, 0.6) is 5.75 Å². The predicted molar refractivity (Wildman–Crippen MR) is 152 cm³/mol. The molecular formula is C30H33F3N6O3. The number of aryl methyl sites for hydroxylation is 2. The van der Waals surface area contributed by atoms with Gasteiger partial charge in [-0.25, -0.2) is 9.97 Å². The van der Waals surface area contributed by atoms with Crippen molar-refractivity contribution in [1.29, 1.82) is 0 Å². The van der Waals surface area contributed by atoms with Gasteiger partial charge in [0.1, 0.15) is 5.75 Å². The van der Waals surface area contributed by atoms with Crippen molar-refractivity contribution in [2.24, 2.45) is 0 Å². The number of methoxy groups -OCH3 is 1. The summed E-state index contributed by atoms with van der Waals surface area (Å²) < 4.78 is 47.0. The SMILES string of the molecule is CCN1CCC(NC(=O)c2ccc(Nc3ncc(C(F)(F)F)c(CCc4cccc5c4CC(=O)N5)n3)c(OC)c2)CC1. The molecule has 3 aromatic rings. The van der Waals surface area contributed by atoms with Crippen LogP contribution in [-0.2, 0) is 30.2 Å². The minimum absolute atomic E-state index is 0.00981. The summed E-state index contributed by atoms with van der Waals surface area (Å²) in [6.07, 6.45) is -1.66. The van der Waals surface area contributed by atoms with E-state index in [1.165, 1.54) is 7.11 Å². The van der Waals surface area contributed by atoms with Gasteiger partial charge in [-0.3, -0.25) is 9.59 Å². The zero-order valence-corrected chi connectivity index (χ0v) is 23.5. The first-order valence-corrected chi connectivity index (χ1v) is 14.0. The third kappa shape index (κ3) is 6.64. The second-order valence-electron chi connectivity index (χ2n) is 10.4. The van der Waals surface area contributed by atoms with Crippen molar-refractivity contribution < 1.29 is 27.5 Å². The number of hydrogen-bond acceptors (Lipinski definition) is 7. The second kappa shape index (κ2) is 12.4. The van der Waals surface area contributed by atoms with Gasteiger partial charge in [0.2, 0.25) is 11.9 Å². The molecule has 0 unspecified atom stereocenters. The van der Waals surface area contributed by atoms with Gasteiger partial charge in [0.15, 0.2) is 0 Å². The van der Waals surface area contributed by atoms with Gasteiger partial charge in [0, 0.05) is 36.6 Å². The maximum Gasteiger partial charge on any atom is 0.419 e. The van der Waals surface area contributed by atoms with Crippen LogP contribution in [0, 0.1) is 0 Å². The molecule has 0 radical (unpaired) electrons. The summed E-state index contributed by atoms with van der Waals surface area (Å²) in [5, 5.41) is 8.78. The number of piperidine rings is 1. The Morgan fingerprint density at radius 2 is 1.95 bits per heavy atom. The molecule has 0 bridgehead atoms. The number of rotatable bonds is 9. The van der Waals surface area contributed by atoms with Gasteiger partial charge in [-0.05, 0) is 67.6 Å². The molecule has 5 rings (SSSR count). The van der Waals surface area contributed by atoms with E-state index in [0.29, 0.717) is 22.7 Å². The van der Waals surface area contributed by atoms with Gasteiger partial charge in [-0.2, -0.15) is 13.2 Å². The largest absolute Gasteiger partial charge is 0.495 e. The number of alkyl halides is 3. The monoisotopic (exact) mass is 582 g/mol. The van der Waals surface area contributed by atoms with Crippen LogP contribution in [0.2, 0.25) is 0 Å². The standard InChI is InChI=1S/C30H33F3N6O3/c1-3-39-13-11-20(12-14-39)35-28(41)19-8-10-25(26(15-19)42-2)38-29-34-17-22(30(31,32)33)24(37-29)9-7-18-5-4-6-23-21(18)16-27(40)36-23/h4-6,8,10,15,17,20H,3,7,9,11-14,16H2,1-2H3,(H,35,41)(H,36,40)(H,34,37,38). The predicted octanol–water partition coefficient (Wildman–Crippen LogP) is 4.74. The van der Waals surface area contributed by atoms with Crippen molar-refractivity contribution in [2.45, 2.75) is 51.2 Å². The number of hydrogen-bond donors (Lipinski definition) is 3. The summed E-state index contributed by atoms with van der Waals surface area (Å²) in [5.74, 6) is -0.0688. The summed E-state index contributed by atoms with van der Waals surface area (Å²) in [6.45, 7) is 4.99. The highest BCUT2D eigenvalue weighted by Gasteiger charge is 2.35. The molecule has 0 atom stereocenters. The molecule has 2 aliphatic rings. The maximum atomic E-state index is 13.8. The molecule has 3 heterocycles. The van der Waals surface area contributed by atoms with E-state index in [0.717, 1.165) is 49.8 Å². The summed E-state index contributed by atoms with van der Waals surface area (Å²) >= 11 is 0. The van der Waals surface area contributed by atoms with Gasteiger partial charge in [-0.1, -0.05) is 19.1 Å². The molecule has 9 nitrogen and oxygen atoms in total. The first-order chi connectivity index (χ1) is 20.1. The van der Waals surface area contributed by atoms with Gasteiger partial charge in [0.25, 0.3) is 5.91 Å². The Bertz CT molecular complexity index is 1470. The third-order valence-corrected chi connectivity index (χ3v) is 7.77. The summed E-state index contributed by atoms with van der Waals surface area (Å²) in [5.41, 5.74) is 2.00. The maximum absolute atomic E-state index is 13.8. The topological polar surface area (TPSA) is 108 Å². The van der Waals surface area contributed by atoms with Crippen LogP contribution < -0.4 is 20.7 Å². The molecule has 2 aromatic carbocycles. The number of halogens is 3. The van der Waals surface area contributed by atoms with E-state index in [1.54, 1.807) is 30.3 Å². The molecule has 0 aliphatic carbocycles. The van der Waals surface area contributed by atoms with Gasteiger partial charge in [0.05, 0.1) is 30.5 Å². The molecule has 3 N–H and O–H groups in total. The van der Waals surface area contributed by atoms with Crippen molar-refractivity contribution in [2.75, 3.05) is 37.4 Å². The number of carbonyl (C=O) groups is 2. The molecule has 222 valence electrons. The van der Waals surface area contributed by atoms with Crippen LogP contribution in [0.1, 0.15) is 52.5 Å². The fraction of sp³-hybridized carbons (Fsp3) is 0.400. The van der Waals surface area contributed by atoms with Gasteiger partial charge >= 0.3 is 6.18 Å². The highest BCUT2D eigenvalue weighted by molar-refractivity contribution is 5.99. The number of carbonyl (C=O) groups excluding carboxylic acids is 2. The van der Waals surface area contributed by atoms with Crippen molar-refractivity contribution in [3.63, 3.8) is 0 Å². The molecule has 42 heavy (non-hydrogen) atoms. The van der Waals surface area contributed by atoms with Crippen LogP contribution in [-0.4, -0.2) is 59.5 Å². The minimum Gasteiger partial charge on any atom is -0.495 e. The van der Waals surface area contributed by atoms with E-state index in [2.05, 4.69) is 37.7 Å². The Morgan fingerprint density at radius 3 is 2.67 bits per heavy atom. The number of amides is 2. The summed E-state index contributed by atoms with van der Waals surface area (Å²) in [4.78, 5) is 35.2.